The summed E-state index contributed by atoms with van der Waals surface area (Å²) in [7, 11) is 0. The first-order valence-corrected chi connectivity index (χ1v) is 5.91. The lowest BCUT2D eigenvalue weighted by Crippen LogP contribution is -2.18. The minimum atomic E-state index is -0.0984. The molecule has 17 heavy (non-hydrogen) atoms. The van der Waals surface area contributed by atoms with Crippen LogP contribution in [0.1, 0.15) is 30.2 Å². The van der Waals surface area contributed by atoms with Gasteiger partial charge in [-0.2, -0.15) is 0 Å². The van der Waals surface area contributed by atoms with Crippen LogP contribution in [-0.4, -0.2) is 9.72 Å². The Morgan fingerprint density at radius 2 is 2.29 bits per heavy atom. The first kappa shape index (κ1) is 10.6. The number of nitrogens with zero attached hydrogens (tertiary/aromatic N) is 2. The monoisotopic (exact) mass is 250 g/mol. The third-order valence-electron chi connectivity index (χ3n) is 2.85. The molecule has 1 aliphatic carbocycles. The molecular weight excluding hydrogens is 240 g/mol. The molecule has 0 saturated heterocycles. The molecular formula is C12H11ClN2O2. The summed E-state index contributed by atoms with van der Waals surface area (Å²) in [4.78, 5) is 11.6. The minimum absolute atomic E-state index is 0.0984. The minimum Gasteiger partial charge on any atom is -0.359 e. The molecule has 4 nitrogen and oxygen atoms in total. The summed E-state index contributed by atoms with van der Waals surface area (Å²) in [5.41, 5.74) is 0.897. The van der Waals surface area contributed by atoms with Gasteiger partial charge in [-0.3, -0.25) is 4.79 Å². The molecule has 5 heteroatoms. The van der Waals surface area contributed by atoms with E-state index in [2.05, 4.69) is 5.16 Å². The van der Waals surface area contributed by atoms with Gasteiger partial charge in [-0.25, -0.2) is 0 Å². The number of rotatable bonds is 3. The van der Waals surface area contributed by atoms with E-state index in [9.17, 15) is 4.79 Å². The third-order valence-corrected chi connectivity index (χ3v) is 3.07. The second-order valence-corrected chi connectivity index (χ2v) is 4.74. The van der Waals surface area contributed by atoms with Gasteiger partial charge in [-0.1, -0.05) is 16.8 Å². The maximum atomic E-state index is 11.6. The summed E-state index contributed by atoms with van der Waals surface area (Å²) >= 11 is 5.84. The van der Waals surface area contributed by atoms with Crippen molar-refractivity contribution in [2.45, 2.75) is 25.3 Å². The number of halogens is 1. The van der Waals surface area contributed by atoms with Crippen LogP contribution in [0.4, 0.5) is 0 Å². The molecule has 3 rings (SSSR count). The Kier molecular flexibility index (Phi) is 2.52. The largest absolute Gasteiger partial charge is 0.359 e. The van der Waals surface area contributed by atoms with Crippen molar-refractivity contribution in [2.24, 2.45) is 0 Å². The smallest absolute Gasteiger partial charge is 0.251 e. The highest BCUT2D eigenvalue weighted by molar-refractivity contribution is 6.30. The summed E-state index contributed by atoms with van der Waals surface area (Å²) in [6, 6.07) is 4.95. The van der Waals surface area contributed by atoms with Crippen molar-refractivity contribution in [1.82, 2.24) is 9.72 Å². The summed E-state index contributed by atoms with van der Waals surface area (Å²) in [6.45, 7) is 0.374. The van der Waals surface area contributed by atoms with Gasteiger partial charge in [-0.05, 0) is 18.9 Å². The maximum Gasteiger partial charge on any atom is 0.251 e. The number of hydrogen-bond donors (Lipinski definition) is 0. The van der Waals surface area contributed by atoms with Crippen molar-refractivity contribution in [1.29, 1.82) is 0 Å². The number of pyridine rings is 1. The molecule has 2 aromatic rings. The van der Waals surface area contributed by atoms with Gasteiger partial charge >= 0.3 is 0 Å². The lowest BCUT2D eigenvalue weighted by Gasteiger charge is -2.01. The molecule has 0 bridgehead atoms. The molecule has 0 atom stereocenters. The van der Waals surface area contributed by atoms with E-state index in [4.69, 9.17) is 16.1 Å². The summed E-state index contributed by atoms with van der Waals surface area (Å²) in [5.74, 6) is 1.25. The Balaban J connectivity index is 1.85. The van der Waals surface area contributed by atoms with E-state index in [1.165, 1.54) is 23.5 Å². The molecule has 1 fully saturated rings. The van der Waals surface area contributed by atoms with Crippen molar-refractivity contribution in [3.63, 3.8) is 0 Å². The molecule has 0 radical (unpaired) electrons. The fourth-order valence-electron chi connectivity index (χ4n) is 1.77. The Hall–Kier alpha value is -1.55. The van der Waals surface area contributed by atoms with Crippen molar-refractivity contribution < 1.29 is 4.52 Å². The Bertz CT molecular complexity index is 599. The molecule has 0 aromatic carbocycles. The van der Waals surface area contributed by atoms with Crippen LogP contribution >= 0.6 is 11.6 Å². The zero-order valence-corrected chi connectivity index (χ0v) is 9.85. The third kappa shape index (κ3) is 2.26. The van der Waals surface area contributed by atoms with Gasteiger partial charge in [0.2, 0.25) is 0 Å². The van der Waals surface area contributed by atoms with Crippen molar-refractivity contribution in [3.8, 4) is 0 Å². The molecule has 1 saturated carbocycles. The number of hydrogen-bond acceptors (Lipinski definition) is 3. The Labute approximate surface area is 103 Å². The van der Waals surface area contributed by atoms with Crippen molar-refractivity contribution >= 4 is 11.6 Å². The predicted molar refractivity (Wildman–Crippen MR) is 63.3 cm³/mol. The standard InChI is InChI=1S/C12H11ClN2O2/c13-9-3-4-12(16)15(6-9)7-10-5-11(14-17-10)8-1-2-8/h3-6,8H,1-2,7H2. The van der Waals surface area contributed by atoms with E-state index >= 15 is 0 Å². The Morgan fingerprint density at radius 1 is 1.47 bits per heavy atom. The molecule has 0 unspecified atom stereocenters. The van der Waals surface area contributed by atoms with Gasteiger partial charge in [0.05, 0.1) is 17.3 Å². The lowest BCUT2D eigenvalue weighted by molar-refractivity contribution is 0.369. The van der Waals surface area contributed by atoms with Crippen LogP contribution in [0, 0.1) is 0 Å². The zero-order chi connectivity index (χ0) is 11.8. The average molecular weight is 251 g/mol. The molecule has 0 amide bonds. The fourth-order valence-corrected chi connectivity index (χ4v) is 1.95. The van der Waals surface area contributed by atoms with E-state index in [1.807, 2.05) is 6.07 Å². The van der Waals surface area contributed by atoms with E-state index in [0.717, 1.165) is 5.69 Å². The maximum absolute atomic E-state index is 11.6. The quantitative estimate of drug-likeness (QED) is 0.841. The van der Waals surface area contributed by atoms with Crippen LogP contribution in [0.3, 0.4) is 0 Å². The highest BCUT2D eigenvalue weighted by Gasteiger charge is 2.27. The molecule has 2 heterocycles. The topological polar surface area (TPSA) is 48.0 Å². The summed E-state index contributed by atoms with van der Waals surface area (Å²) < 4.78 is 6.73. The van der Waals surface area contributed by atoms with Gasteiger partial charge in [0.1, 0.15) is 0 Å². The number of aromatic nitrogens is 2. The van der Waals surface area contributed by atoms with E-state index in [-0.39, 0.29) is 5.56 Å². The first-order valence-electron chi connectivity index (χ1n) is 5.54. The second-order valence-electron chi connectivity index (χ2n) is 4.31. The van der Waals surface area contributed by atoms with Gasteiger partial charge in [-0.15, -0.1) is 0 Å². The molecule has 1 aliphatic rings. The van der Waals surface area contributed by atoms with Crippen LogP contribution in [-0.2, 0) is 6.54 Å². The van der Waals surface area contributed by atoms with Crippen LogP contribution in [0.15, 0.2) is 33.7 Å². The van der Waals surface area contributed by atoms with E-state index < -0.39 is 0 Å². The molecule has 88 valence electrons. The molecule has 0 aliphatic heterocycles. The molecule has 0 spiro atoms. The highest BCUT2D eigenvalue weighted by atomic mass is 35.5. The predicted octanol–water partition coefficient (Wildman–Crippen LogP) is 2.42. The highest BCUT2D eigenvalue weighted by Crippen LogP contribution is 2.39. The summed E-state index contributed by atoms with van der Waals surface area (Å²) in [5, 5.41) is 4.54. The second kappa shape index (κ2) is 4.04. The van der Waals surface area contributed by atoms with Gasteiger partial charge < -0.3 is 9.09 Å². The van der Waals surface area contributed by atoms with Gasteiger partial charge in [0, 0.05) is 24.2 Å². The lowest BCUT2D eigenvalue weighted by atomic mass is 10.3. The van der Waals surface area contributed by atoms with Crippen molar-refractivity contribution in [2.75, 3.05) is 0 Å². The first-order chi connectivity index (χ1) is 8.22. The van der Waals surface area contributed by atoms with Crippen LogP contribution in [0.5, 0.6) is 0 Å². The SMILES string of the molecule is O=c1ccc(Cl)cn1Cc1cc(C2CC2)no1. The normalized spacial score (nSPS) is 15.1. The van der Waals surface area contributed by atoms with Gasteiger partial charge in [0.25, 0.3) is 5.56 Å². The van der Waals surface area contributed by atoms with Crippen LogP contribution < -0.4 is 5.56 Å². The van der Waals surface area contributed by atoms with E-state index in [1.54, 1.807) is 12.3 Å². The zero-order valence-electron chi connectivity index (χ0n) is 9.10. The van der Waals surface area contributed by atoms with E-state index in [0.29, 0.717) is 23.2 Å². The average Bonchev–Trinajstić information content (AvgIpc) is 3.05. The van der Waals surface area contributed by atoms with Gasteiger partial charge in [0.15, 0.2) is 5.76 Å². The van der Waals surface area contributed by atoms with Crippen molar-refractivity contribution in [3.05, 3.63) is 51.2 Å². The van der Waals surface area contributed by atoms with Crippen LogP contribution in [0.2, 0.25) is 5.02 Å². The Morgan fingerprint density at radius 3 is 3.06 bits per heavy atom. The summed E-state index contributed by atoms with van der Waals surface area (Å²) in [6.07, 6.45) is 3.97. The van der Waals surface area contributed by atoms with Crippen LogP contribution in [0.25, 0.3) is 0 Å². The molecule has 2 aromatic heterocycles. The fraction of sp³-hybridized carbons (Fsp3) is 0.333. The molecule has 0 N–H and O–H groups in total.